The largest absolute Gasteiger partial charge is 0.382 e. The van der Waals surface area contributed by atoms with Gasteiger partial charge in [0.2, 0.25) is 6.10 Å². The van der Waals surface area contributed by atoms with Crippen molar-refractivity contribution in [1.82, 2.24) is 4.98 Å². The molecule has 28 heavy (non-hydrogen) atoms. The summed E-state index contributed by atoms with van der Waals surface area (Å²) in [7, 11) is 0. The molecule has 3 aromatic rings. The zero-order valence-corrected chi connectivity index (χ0v) is 15.4. The third kappa shape index (κ3) is 4.23. The minimum absolute atomic E-state index is 0.247. The number of halogens is 2. The van der Waals surface area contributed by atoms with Gasteiger partial charge in [0.05, 0.1) is 5.71 Å². The van der Waals surface area contributed by atoms with Crippen LogP contribution in [0.2, 0.25) is 0 Å². The molecule has 4 rings (SSSR count). The van der Waals surface area contributed by atoms with E-state index in [4.69, 9.17) is 4.84 Å². The number of hydrogen-bond donors (Lipinski definition) is 1. The summed E-state index contributed by atoms with van der Waals surface area (Å²) in [4.78, 5) is 22.7. The van der Waals surface area contributed by atoms with E-state index in [0.29, 0.717) is 22.8 Å². The van der Waals surface area contributed by atoms with Crippen LogP contribution in [-0.2, 0) is 16.1 Å². The molecule has 0 saturated carbocycles. The molecule has 1 N–H and O–H groups in total. The van der Waals surface area contributed by atoms with Crippen molar-refractivity contribution >= 4 is 28.1 Å². The van der Waals surface area contributed by atoms with Gasteiger partial charge in [0.25, 0.3) is 5.91 Å². The van der Waals surface area contributed by atoms with Crippen molar-refractivity contribution < 1.29 is 18.4 Å². The summed E-state index contributed by atoms with van der Waals surface area (Å²) in [6, 6.07) is 12.3. The summed E-state index contributed by atoms with van der Waals surface area (Å²) in [5, 5.41) is 7.03. The lowest BCUT2D eigenvalue weighted by Gasteiger charge is -2.07. The maximum absolute atomic E-state index is 13.3. The molecule has 0 aliphatic carbocycles. The van der Waals surface area contributed by atoms with E-state index < -0.39 is 6.10 Å². The Balaban J connectivity index is 1.35. The molecule has 2 heterocycles. The predicted octanol–water partition coefficient (Wildman–Crippen LogP) is 4.14. The quantitative estimate of drug-likeness (QED) is 0.701. The number of oxime groups is 1. The lowest BCUT2D eigenvalue weighted by Crippen LogP contribution is -2.27. The Morgan fingerprint density at radius 2 is 1.96 bits per heavy atom. The second-order valence-corrected chi connectivity index (χ2v) is 7.39. The van der Waals surface area contributed by atoms with Gasteiger partial charge in [-0.2, -0.15) is 0 Å². The fourth-order valence-corrected chi connectivity index (χ4v) is 3.69. The molecule has 0 fully saturated rings. The van der Waals surface area contributed by atoms with E-state index >= 15 is 0 Å². The van der Waals surface area contributed by atoms with Crippen LogP contribution < -0.4 is 5.32 Å². The highest BCUT2D eigenvalue weighted by molar-refractivity contribution is 7.15. The highest BCUT2D eigenvalue weighted by atomic mass is 32.1. The monoisotopic (exact) mass is 399 g/mol. The van der Waals surface area contributed by atoms with E-state index in [0.717, 1.165) is 10.4 Å². The Kier molecular flexibility index (Phi) is 5.12. The highest BCUT2D eigenvalue weighted by Gasteiger charge is 2.29. The molecule has 8 heteroatoms. The minimum atomic E-state index is -0.797. The Morgan fingerprint density at radius 3 is 2.75 bits per heavy atom. The Labute approximate surface area is 163 Å². The fraction of sp³-hybridized carbons (Fsp3) is 0.150. The molecule has 1 aromatic heterocycles. The molecule has 0 bridgehead atoms. The van der Waals surface area contributed by atoms with Gasteiger partial charge in [-0.05, 0) is 29.8 Å². The number of rotatable bonds is 5. The fourth-order valence-electron chi connectivity index (χ4n) is 2.84. The molecule has 1 aliphatic rings. The first-order valence-corrected chi connectivity index (χ1v) is 9.37. The average Bonchev–Trinajstić information content (AvgIpc) is 3.32. The van der Waals surface area contributed by atoms with E-state index in [2.05, 4.69) is 15.5 Å². The van der Waals surface area contributed by atoms with E-state index in [1.165, 1.54) is 35.6 Å². The number of nitrogens with zero attached hydrogens (tertiary/aromatic N) is 2. The number of nitrogens with one attached hydrogen (secondary N) is 1. The molecule has 0 radical (unpaired) electrons. The number of aromatic nitrogens is 1. The van der Waals surface area contributed by atoms with Crippen LogP contribution >= 0.6 is 11.3 Å². The van der Waals surface area contributed by atoms with Gasteiger partial charge in [0.1, 0.15) is 11.6 Å². The maximum Gasteiger partial charge on any atom is 0.270 e. The number of carbonyl (C=O) groups excluding carboxylic acids is 1. The maximum atomic E-state index is 13.3. The summed E-state index contributed by atoms with van der Waals surface area (Å²) >= 11 is 1.31. The molecule has 1 aliphatic heterocycles. The summed E-state index contributed by atoms with van der Waals surface area (Å²) in [6.07, 6.45) is 1.62. The third-order valence-electron chi connectivity index (χ3n) is 4.17. The predicted molar refractivity (Wildman–Crippen MR) is 102 cm³/mol. The molecule has 1 atom stereocenters. The molecule has 2 aromatic carbocycles. The second-order valence-electron chi connectivity index (χ2n) is 6.27. The first-order valence-electron chi connectivity index (χ1n) is 8.55. The van der Waals surface area contributed by atoms with Crippen LogP contribution in [0.3, 0.4) is 0 Å². The van der Waals surface area contributed by atoms with E-state index in [1.54, 1.807) is 24.4 Å². The van der Waals surface area contributed by atoms with Crippen LogP contribution in [-0.4, -0.2) is 22.7 Å². The van der Waals surface area contributed by atoms with Crippen LogP contribution in [0.5, 0.6) is 0 Å². The van der Waals surface area contributed by atoms with Crippen molar-refractivity contribution in [3.8, 4) is 0 Å². The standard InChI is InChI=1S/C20H15F2N3O2S/c21-14-5-1-3-12(7-14)8-16-11-23-20(28-16)24-19(26)18-10-17(25-27-18)13-4-2-6-15(22)9-13/h1-7,9,11,18H,8,10H2,(H,23,24,26). The first kappa shape index (κ1) is 18.2. The zero-order chi connectivity index (χ0) is 19.5. The average molecular weight is 399 g/mol. The lowest BCUT2D eigenvalue weighted by molar-refractivity contribution is -0.125. The number of amides is 1. The number of carbonyl (C=O) groups is 1. The normalized spacial score (nSPS) is 15.8. The van der Waals surface area contributed by atoms with Crippen molar-refractivity contribution in [1.29, 1.82) is 0 Å². The van der Waals surface area contributed by atoms with Crippen LogP contribution in [0.1, 0.15) is 22.4 Å². The van der Waals surface area contributed by atoms with E-state index in [-0.39, 0.29) is 24.0 Å². The van der Waals surface area contributed by atoms with Crippen LogP contribution in [0.15, 0.2) is 59.9 Å². The van der Waals surface area contributed by atoms with Gasteiger partial charge in [-0.1, -0.05) is 29.4 Å². The van der Waals surface area contributed by atoms with E-state index in [1.807, 2.05) is 6.07 Å². The summed E-state index contributed by atoms with van der Waals surface area (Å²) in [5.41, 5.74) is 1.93. The van der Waals surface area contributed by atoms with Gasteiger partial charge in [-0.25, -0.2) is 13.8 Å². The summed E-state index contributed by atoms with van der Waals surface area (Å²) in [5.74, 6) is -1.04. The molecule has 1 amide bonds. The molecule has 1 unspecified atom stereocenters. The van der Waals surface area contributed by atoms with Gasteiger partial charge in [0.15, 0.2) is 5.13 Å². The Morgan fingerprint density at radius 1 is 1.18 bits per heavy atom. The molecule has 142 valence electrons. The Bertz CT molecular complexity index is 1050. The van der Waals surface area contributed by atoms with Gasteiger partial charge in [0, 0.05) is 29.5 Å². The highest BCUT2D eigenvalue weighted by Crippen LogP contribution is 2.23. The molecule has 0 spiro atoms. The van der Waals surface area contributed by atoms with Crippen LogP contribution in [0.4, 0.5) is 13.9 Å². The van der Waals surface area contributed by atoms with Gasteiger partial charge in [-0.15, -0.1) is 11.3 Å². The Hall–Kier alpha value is -3.13. The van der Waals surface area contributed by atoms with Gasteiger partial charge >= 0.3 is 0 Å². The van der Waals surface area contributed by atoms with Gasteiger partial charge in [-0.3, -0.25) is 10.1 Å². The SMILES string of the molecule is O=C(Nc1ncc(Cc2cccc(F)c2)s1)C1CC(c2cccc(F)c2)=NO1. The van der Waals surface area contributed by atoms with Crippen LogP contribution in [0, 0.1) is 11.6 Å². The number of anilines is 1. The van der Waals surface area contributed by atoms with Crippen molar-refractivity contribution in [2.24, 2.45) is 5.16 Å². The molecular weight excluding hydrogens is 384 g/mol. The second kappa shape index (κ2) is 7.85. The summed E-state index contributed by atoms with van der Waals surface area (Å²) in [6.45, 7) is 0. The first-order chi connectivity index (χ1) is 13.6. The molecule has 5 nitrogen and oxygen atoms in total. The van der Waals surface area contributed by atoms with Crippen molar-refractivity contribution in [2.75, 3.05) is 5.32 Å². The van der Waals surface area contributed by atoms with Crippen molar-refractivity contribution in [3.63, 3.8) is 0 Å². The summed E-state index contributed by atoms with van der Waals surface area (Å²) < 4.78 is 26.6. The minimum Gasteiger partial charge on any atom is -0.382 e. The lowest BCUT2D eigenvalue weighted by atomic mass is 10.0. The zero-order valence-electron chi connectivity index (χ0n) is 14.6. The van der Waals surface area contributed by atoms with Crippen molar-refractivity contribution in [2.45, 2.75) is 18.9 Å². The number of benzene rings is 2. The molecule has 0 saturated heterocycles. The number of thiazole rings is 1. The smallest absolute Gasteiger partial charge is 0.270 e. The van der Waals surface area contributed by atoms with E-state index in [9.17, 15) is 13.6 Å². The van der Waals surface area contributed by atoms with Crippen LogP contribution in [0.25, 0.3) is 0 Å². The topological polar surface area (TPSA) is 63.6 Å². The molecular formula is C20H15F2N3O2S. The van der Waals surface area contributed by atoms with Gasteiger partial charge < -0.3 is 4.84 Å². The number of hydrogen-bond acceptors (Lipinski definition) is 5. The van der Waals surface area contributed by atoms with Crippen molar-refractivity contribution in [3.05, 3.63) is 82.4 Å². The third-order valence-corrected chi connectivity index (χ3v) is 5.08.